The Hall–Kier alpha value is -2.90. The minimum absolute atomic E-state index is 0.0195. The summed E-state index contributed by atoms with van der Waals surface area (Å²) in [4.78, 5) is 15.3. The first-order valence-corrected chi connectivity index (χ1v) is 12.2. The van der Waals surface area contributed by atoms with Crippen molar-refractivity contribution in [1.82, 2.24) is 14.7 Å². The zero-order valence-corrected chi connectivity index (χ0v) is 21.0. The van der Waals surface area contributed by atoms with E-state index in [9.17, 15) is 4.79 Å². The average Bonchev–Trinajstić information content (AvgIpc) is 3.30. The Morgan fingerprint density at radius 2 is 1.82 bits per heavy atom. The van der Waals surface area contributed by atoms with Gasteiger partial charge in [0.05, 0.1) is 16.7 Å². The largest absolute Gasteiger partial charge is 0.491 e. The lowest BCUT2D eigenvalue weighted by molar-refractivity contribution is -0.123. The SMILES string of the molecule is Cc1cc(-c2nn(-c3ccccc3)cc2C=C2SC(=S)N(C(C)C)C2=O)ccc1OC(C)C. The van der Waals surface area contributed by atoms with Crippen molar-refractivity contribution < 1.29 is 9.53 Å². The van der Waals surface area contributed by atoms with E-state index in [0.29, 0.717) is 9.23 Å². The van der Waals surface area contributed by atoms with Gasteiger partial charge in [-0.3, -0.25) is 9.69 Å². The number of aryl methyl sites for hydroxylation is 1. The number of hydrogen-bond donors (Lipinski definition) is 0. The molecule has 1 saturated heterocycles. The van der Waals surface area contributed by atoms with Gasteiger partial charge >= 0.3 is 0 Å². The van der Waals surface area contributed by atoms with E-state index in [-0.39, 0.29) is 18.1 Å². The molecule has 170 valence electrons. The summed E-state index contributed by atoms with van der Waals surface area (Å²) in [6.07, 6.45) is 3.96. The fourth-order valence-corrected chi connectivity index (χ4v) is 5.19. The Morgan fingerprint density at radius 1 is 1.09 bits per heavy atom. The molecule has 1 aliphatic heterocycles. The van der Waals surface area contributed by atoms with Gasteiger partial charge in [-0.1, -0.05) is 42.2 Å². The summed E-state index contributed by atoms with van der Waals surface area (Å²) in [6.45, 7) is 10.00. The zero-order valence-electron chi connectivity index (χ0n) is 19.4. The Labute approximate surface area is 204 Å². The molecule has 0 bridgehead atoms. The van der Waals surface area contributed by atoms with Crippen molar-refractivity contribution in [3.05, 3.63) is 70.8 Å². The fourth-order valence-electron chi connectivity index (χ4n) is 3.68. The van der Waals surface area contributed by atoms with Crippen LogP contribution < -0.4 is 4.74 Å². The normalized spacial score (nSPS) is 15.4. The first-order valence-electron chi connectivity index (χ1n) is 10.9. The summed E-state index contributed by atoms with van der Waals surface area (Å²) in [5, 5.41) is 4.89. The summed E-state index contributed by atoms with van der Waals surface area (Å²) in [7, 11) is 0. The Morgan fingerprint density at radius 3 is 2.42 bits per heavy atom. The van der Waals surface area contributed by atoms with Gasteiger partial charge in [-0.25, -0.2) is 4.68 Å². The lowest BCUT2D eigenvalue weighted by Gasteiger charge is -2.18. The van der Waals surface area contributed by atoms with Crippen LogP contribution >= 0.6 is 24.0 Å². The number of para-hydroxylation sites is 1. The molecule has 0 atom stereocenters. The van der Waals surface area contributed by atoms with Crippen molar-refractivity contribution in [2.45, 2.75) is 46.8 Å². The van der Waals surface area contributed by atoms with E-state index >= 15 is 0 Å². The van der Waals surface area contributed by atoms with E-state index in [1.54, 1.807) is 4.90 Å². The smallest absolute Gasteiger partial charge is 0.266 e. The second-order valence-corrected chi connectivity index (χ2v) is 10.2. The first-order chi connectivity index (χ1) is 15.7. The summed E-state index contributed by atoms with van der Waals surface area (Å²) in [6, 6.07) is 16.0. The van der Waals surface area contributed by atoms with Gasteiger partial charge in [0.25, 0.3) is 5.91 Å². The van der Waals surface area contributed by atoms with Crippen molar-refractivity contribution in [1.29, 1.82) is 0 Å². The molecule has 0 aliphatic carbocycles. The molecule has 0 unspecified atom stereocenters. The van der Waals surface area contributed by atoms with E-state index in [1.807, 2.05) is 94.0 Å². The molecular weight excluding hydrogens is 450 g/mol. The van der Waals surface area contributed by atoms with Gasteiger partial charge in [0, 0.05) is 23.4 Å². The quantitative estimate of drug-likeness (QED) is 0.310. The molecule has 4 rings (SSSR count). The van der Waals surface area contributed by atoms with Crippen LogP contribution in [0.4, 0.5) is 0 Å². The number of thioether (sulfide) groups is 1. The number of carbonyl (C=O) groups excluding carboxylic acids is 1. The van der Waals surface area contributed by atoms with Gasteiger partial charge in [0.1, 0.15) is 15.8 Å². The highest BCUT2D eigenvalue weighted by Gasteiger charge is 2.34. The second-order valence-electron chi connectivity index (χ2n) is 8.51. The summed E-state index contributed by atoms with van der Waals surface area (Å²) < 4.78 is 8.34. The Kier molecular flexibility index (Phi) is 6.72. The topological polar surface area (TPSA) is 47.4 Å². The van der Waals surface area contributed by atoms with Gasteiger partial charge in [-0.2, -0.15) is 5.10 Å². The fraction of sp³-hybridized carbons (Fsp3) is 0.269. The van der Waals surface area contributed by atoms with Crippen molar-refractivity contribution >= 4 is 40.3 Å². The van der Waals surface area contributed by atoms with Crippen molar-refractivity contribution in [2.75, 3.05) is 0 Å². The minimum Gasteiger partial charge on any atom is -0.491 e. The number of nitrogens with zero attached hydrogens (tertiary/aromatic N) is 3. The molecule has 0 N–H and O–H groups in total. The highest BCUT2D eigenvalue weighted by Crippen LogP contribution is 2.36. The van der Waals surface area contributed by atoms with Crippen LogP contribution in [-0.4, -0.2) is 37.1 Å². The minimum atomic E-state index is -0.0599. The molecule has 2 aromatic carbocycles. The molecule has 1 amide bonds. The number of benzene rings is 2. The highest BCUT2D eigenvalue weighted by atomic mass is 32.2. The van der Waals surface area contributed by atoms with Gasteiger partial charge in [0.2, 0.25) is 0 Å². The summed E-state index contributed by atoms with van der Waals surface area (Å²) in [5.74, 6) is 0.797. The van der Waals surface area contributed by atoms with Crippen LogP contribution in [0.3, 0.4) is 0 Å². The second kappa shape index (κ2) is 9.53. The molecule has 0 radical (unpaired) electrons. The molecule has 1 aromatic heterocycles. The molecule has 1 aliphatic rings. The van der Waals surface area contributed by atoms with E-state index in [1.165, 1.54) is 11.8 Å². The molecule has 5 nitrogen and oxygen atoms in total. The van der Waals surface area contributed by atoms with Gasteiger partial charge in [-0.15, -0.1) is 0 Å². The highest BCUT2D eigenvalue weighted by molar-refractivity contribution is 8.26. The van der Waals surface area contributed by atoms with Crippen molar-refractivity contribution in [3.63, 3.8) is 0 Å². The predicted molar refractivity (Wildman–Crippen MR) is 140 cm³/mol. The Bertz CT molecular complexity index is 1230. The van der Waals surface area contributed by atoms with E-state index < -0.39 is 0 Å². The predicted octanol–water partition coefficient (Wildman–Crippen LogP) is 6.24. The molecule has 2 heterocycles. The third-order valence-electron chi connectivity index (χ3n) is 5.20. The van der Waals surface area contributed by atoms with E-state index in [4.69, 9.17) is 22.1 Å². The van der Waals surface area contributed by atoms with Gasteiger partial charge in [-0.05, 0) is 76.6 Å². The Balaban J connectivity index is 1.80. The summed E-state index contributed by atoms with van der Waals surface area (Å²) in [5.41, 5.74) is 4.61. The first kappa shape index (κ1) is 23.3. The number of hydrogen-bond acceptors (Lipinski definition) is 5. The number of thiocarbonyl (C=S) groups is 1. The molecule has 0 saturated carbocycles. The van der Waals surface area contributed by atoms with Crippen LogP contribution in [0.25, 0.3) is 23.0 Å². The summed E-state index contributed by atoms with van der Waals surface area (Å²) >= 11 is 6.79. The van der Waals surface area contributed by atoms with Crippen molar-refractivity contribution in [3.8, 4) is 22.7 Å². The van der Waals surface area contributed by atoms with Gasteiger partial charge in [0.15, 0.2) is 0 Å². The van der Waals surface area contributed by atoms with Crippen LogP contribution in [0.5, 0.6) is 5.75 Å². The maximum atomic E-state index is 13.0. The zero-order chi connectivity index (χ0) is 23.7. The van der Waals surface area contributed by atoms with Crippen LogP contribution in [0.15, 0.2) is 59.6 Å². The molecule has 0 spiro atoms. The monoisotopic (exact) mass is 477 g/mol. The standard InChI is InChI=1S/C26H27N3O2S2/c1-16(2)29-25(30)23(33-26(29)32)14-20-15-28(21-9-7-6-8-10-21)27-24(20)19-11-12-22(18(5)13-19)31-17(3)4/h6-17H,1-5H3. The van der Waals surface area contributed by atoms with Crippen LogP contribution in [-0.2, 0) is 4.79 Å². The van der Waals surface area contributed by atoms with Crippen LogP contribution in [0.1, 0.15) is 38.8 Å². The van der Waals surface area contributed by atoms with E-state index in [0.717, 1.165) is 33.8 Å². The lowest BCUT2D eigenvalue weighted by Crippen LogP contribution is -2.34. The lowest BCUT2D eigenvalue weighted by atomic mass is 10.0. The number of aromatic nitrogens is 2. The maximum Gasteiger partial charge on any atom is 0.266 e. The van der Waals surface area contributed by atoms with Crippen molar-refractivity contribution in [2.24, 2.45) is 0 Å². The molecule has 3 aromatic rings. The molecule has 33 heavy (non-hydrogen) atoms. The van der Waals surface area contributed by atoms with Crippen LogP contribution in [0.2, 0.25) is 0 Å². The molecule has 7 heteroatoms. The third-order valence-corrected chi connectivity index (χ3v) is 6.53. The number of amides is 1. The number of ether oxygens (including phenoxy) is 1. The molecular formula is C26H27N3O2S2. The van der Waals surface area contributed by atoms with E-state index in [2.05, 4.69) is 6.07 Å². The average molecular weight is 478 g/mol. The number of rotatable bonds is 6. The third kappa shape index (κ3) is 4.89. The maximum absolute atomic E-state index is 13.0. The number of carbonyl (C=O) groups is 1. The van der Waals surface area contributed by atoms with Gasteiger partial charge < -0.3 is 4.74 Å². The van der Waals surface area contributed by atoms with Crippen LogP contribution in [0, 0.1) is 6.92 Å². The molecule has 1 fully saturated rings.